The van der Waals surface area contributed by atoms with Gasteiger partial charge in [-0.25, -0.2) is 9.59 Å². The lowest BCUT2D eigenvalue weighted by molar-refractivity contribution is -0.109. The van der Waals surface area contributed by atoms with Crippen molar-refractivity contribution in [2.45, 2.75) is 38.8 Å². The first-order valence-corrected chi connectivity index (χ1v) is 6.15. The molecule has 7 heteroatoms. The molecule has 0 aromatic carbocycles. The normalized spacial score (nSPS) is 20.1. The second kappa shape index (κ2) is 5.90. The molecule has 1 atom stereocenters. The van der Waals surface area contributed by atoms with Gasteiger partial charge in [-0.1, -0.05) is 0 Å². The Bertz CT molecular complexity index is 364. The minimum Gasteiger partial charge on any atom is -0.465 e. The Kier molecular flexibility index (Phi) is 4.74. The minimum atomic E-state index is -1.04. The molecule has 1 fully saturated rings. The number of hydrogen-bond acceptors (Lipinski definition) is 4. The van der Waals surface area contributed by atoms with Gasteiger partial charge in [0.05, 0.1) is 6.04 Å². The average Bonchev–Trinajstić information content (AvgIpc) is 2.26. The number of nitrogens with zero attached hydrogens (tertiary/aromatic N) is 2. The van der Waals surface area contributed by atoms with Crippen molar-refractivity contribution >= 4 is 18.5 Å². The van der Waals surface area contributed by atoms with Crippen LogP contribution in [0.5, 0.6) is 0 Å². The lowest BCUT2D eigenvalue weighted by Gasteiger charge is -2.40. The maximum atomic E-state index is 12.0. The van der Waals surface area contributed by atoms with Gasteiger partial charge in [-0.3, -0.25) is 0 Å². The lowest BCUT2D eigenvalue weighted by Crippen LogP contribution is -2.57. The van der Waals surface area contributed by atoms with Crippen molar-refractivity contribution in [1.82, 2.24) is 9.80 Å². The molecule has 0 saturated carbocycles. The summed E-state index contributed by atoms with van der Waals surface area (Å²) in [5.74, 6) is 0. The zero-order chi connectivity index (χ0) is 14.6. The fraction of sp³-hybridized carbons (Fsp3) is 0.750. The molecule has 1 aliphatic heterocycles. The molecule has 0 bridgehead atoms. The third-order valence-corrected chi connectivity index (χ3v) is 2.75. The molecule has 7 nitrogen and oxygen atoms in total. The van der Waals surface area contributed by atoms with Crippen LogP contribution >= 0.6 is 0 Å². The highest BCUT2D eigenvalue weighted by Gasteiger charge is 2.34. The van der Waals surface area contributed by atoms with E-state index in [1.54, 1.807) is 20.8 Å². The molecular formula is C12H20N2O5. The second-order valence-electron chi connectivity index (χ2n) is 5.46. The highest BCUT2D eigenvalue weighted by Crippen LogP contribution is 2.17. The number of amides is 2. The van der Waals surface area contributed by atoms with Gasteiger partial charge in [-0.2, -0.15) is 0 Å². The first kappa shape index (κ1) is 15.3. The van der Waals surface area contributed by atoms with Gasteiger partial charge in [-0.05, 0) is 20.8 Å². The summed E-state index contributed by atoms with van der Waals surface area (Å²) in [6.45, 7) is 5.87. The number of carbonyl (C=O) groups excluding carboxylic acids is 2. The van der Waals surface area contributed by atoms with Gasteiger partial charge in [0, 0.05) is 26.1 Å². The van der Waals surface area contributed by atoms with Crippen LogP contribution in [0.3, 0.4) is 0 Å². The number of carboxylic acid groups (broad SMARTS) is 1. The third kappa shape index (κ3) is 4.42. The van der Waals surface area contributed by atoms with Gasteiger partial charge in [-0.15, -0.1) is 0 Å². The summed E-state index contributed by atoms with van der Waals surface area (Å²) in [6, 6.07) is -0.461. The van der Waals surface area contributed by atoms with E-state index < -0.39 is 23.8 Å². The topological polar surface area (TPSA) is 87.2 Å². The van der Waals surface area contributed by atoms with Crippen LogP contribution in [-0.2, 0) is 9.53 Å². The molecule has 108 valence electrons. The number of aldehydes is 1. The average molecular weight is 272 g/mol. The molecule has 1 heterocycles. The second-order valence-corrected chi connectivity index (χ2v) is 5.46. The highest BCUT2D eigenvalue weighted by molar-refractivity contribution is 5.71. The summed E-state index contributed by atoms with van der Waals surface area (Å²) in [5, 5.41) is 8.94. The number of piperazine rings is 1. The Balaban J connectivity index is 2.73. The van der Waals surface area contributed by atoms with Crippen LogP contribution in [0.2, 0.25) is 0 Å². The monoisotopic (exact) mass is 272 g/mol. The maximum absolute atomic E-state index is 12.0. The van der Waals surface area contributed by atoms with Crippen molar-refractivity contribution in [3.05, 3.63) is 0 Å². The van der Waals surface area contributed by atoms with Gasteiger partial charge in [0.25, 0.3) is 0 Å². The summed E-state index contributed by atoms with van der Waals surface area (Å²) in [6.07, 6.45) is -0.764. The predicted octanol–water partition coefficient (Wildman–Crippen LogP) is 1.17. The van der Waals surface area contributed by atoms with E-state index in [0.717, 1.165) is 0 Å². The Morgan fingerprint density at radius 2 is 2.00 bits per heavy atom. The molecule has 2 amide bonds. The van der Waals surface area contributed by atoms with Gasteiger partial charge >= 0.3 is 12.2 Å². The summed E-state index contributed by atoms with van der Waals surface area (Å²) in [4.78, 5) is 36.2. The van der Waals surface area contributed by atoms with Gasteiger partial charge in [0.2, 0.25) is 0 Å². The fourth-order valence-corrected chi connectivity index (χ4v) is 1.90. The molecule has 0 aromatic heterocycles. The Morgan fingerprint density at radius 1 is 1.37 bits per heavy atom. The van der Waals surface area contributed by atoms with Crippen molar-refractivity contribution in [2.24, 2.45) is 0 Å². The van der Waals surface area contributed by atoms with E-state index in [1.165, 1.54) is 9.80 Å². The van der Waals surface area contributed by atoms with E-state index in [-0.39, 0.29) is 26.1 Å². The summed E-state index contributed by atoms with van der Waals surface area (Å²) in [7, 11) is 0. The van der Waals surface area contributed by atoms with E-state index >= 15 is 0 Å². The quantitative estimate of drug-likeness (QED) is 0.762. The zero-order valence-corrected chi connectivity index (χ0v) is 11.5. The van der Waals surface area contributed by atoms with Crippen LogP contribution in [0.15, 0.2) is 0 Å². The Labute approximate surface area is 112 Å². The molecule has 19 heavy (non-hydrogen) atoms. The van der Waals surface area contributed by atoms with Crippen LogP contribution in [0.4, 0.5) is 9.59 Å². The summed E-state index contributed by atoms with van der Waals surface area (Å²) in [5.41, 5.74) is -0.618. The molecule has 0 aliphatic carbocycles. The predicted molar refractivity (Wildman–Crippen MR) is 67.0 cm³/mol. The first-order chi connectivity index (χ1) is 8.74. The van der Waals surface area contributed by atoms with Crippen LogP contribution in [0, 0.1) is 0 Å². The van der Waals surface area contributed by atoms with Gasteiger partial charge < -0.3 is 24.4 Å². The SMILES string of the molecule is CC(C)(C)OC(=O)N1CCN(C(=O)O)CC1CC=O. The smallest absolute Gasteiger partial charge is 0.410 e. The lowest BCUT2D eigenvalue weighted by atomic mass is 10.1. The van der Waals surface area contributed by atoms with Gasteiger partial charge in [0.15, 0.2) is 0 Å². The van der Waals surface area contributed by atoms with E-state index in [9.17, 15) is 14.4 Å². The summed E-state index contributed by atoms with van der Waals surface area (Å²) < 4.78 is 5.25. The van der Waals surface area contributed by atoms with Crippen molar-refractivity contribution in [3.63, 3.8) is 0 Å². The molecule has 1 unspecified atom stereocenters. The molecular weight excluding hydrogens is 252 g/mol. The summed E-state index contributed by atoms with van der Waals surface area (Å²) >= 11 is 0. The number of hydrogen-bond donors (Lipinski definition) is 1. The Morgan fingerprint density at radius 3 is 2.47 bits per heavy atom. The van der Waals surface area contributed by atoms with Gasteiger partial charge in [0.1, 0.15) is 11.9 Å². The Hall–Kier alpha value is -1.79. The van der Waals surface area contributed by atoms with Crippen LogP contribution in [0.25, 0.3) is 0 Å². The first-order valence-electron chi connectivity index (χ1n) is 6.15. The van der Waals surface area contributed by atoms with Crippen molar-refractivity contribution in [3.8, 4) is 0 Å². The van der Waals surface area contributed by atoms with Crippen molar-refractivity contribution in [2.75, 3.05) is 19.6 Å². The molecule has 0 radical (unpaired) electrons. The van der Waals surface area contributed by atoms with E-state index in [1.807, 2.05) is 0 Å². The van der Waals surface area contributed by atoms with Crippen molar-refractivity contribution in [1.29, 1.82) is 0 Å². The van der Waals surface area contributed by atoms with E-state index in [2.05, 4.69) is 0 Å². The van der Waals surface area contributed by atoms with Crippen LogP contribution in [0.1, 0.15) is 27.2 Å². The minimum absolute atomic E-state index is 0.100. The largest absolute Gasteiger partial charge is 0.465 e. The molecule has 1 rings (SSSR count). The fourth-order valence-electron chi connectivity index (χ4n) is 1.90. The number of rotatable bonds is 2. The molecule has 1 saturated heterocycles. The van der Waals surface area contributed by atoms with E-state index in [0.29, 0.717) is 6.29 Å². The maximum Gasteiger partial charge on any atom is 0.410 e. The highest BCUT2D eigenvalue weighted by atomic mass is 16.6. The molecule has 0 aromatic rings. The van der Waals surface area contributed by atoms with Crippen molar-refractivity contribution < 1.29 is 24.2 Å². The molecule has 1 aliphatic rings. The number of ether oxygens (including phenoxy) is 1. The number of carbonyl (C=O) groups is 3. The standard InChI is InChI=1S/C12H20N2O5/c1-12(2,3)19-11(18)14-6-5-13(10(16)17)8-9(14)4-7-15/h7,9H,4-6,8H2,1-3H3,(H,16,17). The van der Waals surface area contributed by atoms with Crippen LogP contribution in [-0.4, -0.2) is 64.7 Å². The third-order valence-electron chi connectivity index (χ3n) is 2.75. The van der Waals surface area contributed by atoms with Crippen LogP contribution < -0.4 is 0 Å². The van der Waals surface area contributed by atoms with E-state index in [4.69, 9.17) is 9.84 Å². The zero-order valence-electron chi connectivity index (χ0n) is 11.5. The molecule has 0 spiro atoms. The molecule has 1 N–H and O–H groups in total.